The summed E-state index contributed by atoms with van der Waals surface area (Å²) >= 11 is 0. The smallest absolute Gasteiger partial charge is 0.461 e. The number of hydrogen-bond acceptors (Lipinski definition) is 3. The molecule has 1 atom stereocenters. The van der Waals surface area contributed by atoms with E-state index < -0.39 is 54.4 Å². The molecule has 40 heavy (non-hydrogen) atoms. The van der Waals surface area contributed by atoms with Crippen LogP contribution in [0.25, 0.3) is 0 Å². The summed E-state index contributed by atoms with van der Waals surface area (Å²) in [6.07, 6.45) is -14.5. The van der Waals surface area contributed by atoms with Crippen molar-refractivity contribution in [3.8, 4) is 5.75 Å². The van der Waals surface area contributed by atoms with Crippen LogP contribution in [0.4, 0.5) is 39.9 Å². The van der Waals surface area contributed by atoms with Gasteiger partial charge in [-0.05, 0) is 41.0 Å². The number of carboxylic acid groups (broad SMARTS) is 1. The van der Waals surface area contributed by atoms with Gasteiger partial charge in [-0.15, -0.1) is 0 Å². The first-order valence-corrected chi connectivity index (χ1v) is 11.3. The number of amides is 2. The standard InChI is InChI=1S/C26H20F8N2O4/c27-19-10-18(11-20(12-19)40-26(33,34)22(28)29)24(13-15-4-2-1-3-5-15,36-23(39)35-14-25(30,31)32)17-8-6-16(7-9-17)21(37)38/h1-12,22H,13-14H2,(H,37,38)(H2,35,36,39). The summed E-state index contributed by atoms with van der Waals surface area (Å²) < 4.78 is 110. The summed E-state index contributed by atoms with van der Waals surface area (Å²) in [5.74, 6) is -3.68. The van der Waals surface area contributed by atoms with Crippen LogP contribution < -0.4 is 15.4 Å². The second kappa shape index (κ2) is 11.8. The number of aromatic carboxylic acids is 1. The summed E-state index contributed by atoms with van der Waals surface area (Å²) in [6.45, 7) is -1.77. The molecule has 2 amide bonds. The Labute approximate surface area is 221 Å². The van der Waals surface area contributed by atoms with E-state index in [1.54, 1.807) is 23.5 Å². The van der Waals surface area contributed by atoms with Crippen LogP contribution in [0.2, 0.25) is 0 Å². The van der Waals surface area contributed by atoms with E-state index in [2.05, 4.69) is 10.1 Å². The number of hydrogen-bond donors (Lipinski definition) is 3. The predicted octanol–water partition coefficient (Wildman–Crippen LogP) is 6.11. The molecule has 1 unspecified atom stereocenters. The molecule has 0 saturated heterocycles. The Balaban J connectivity index is 2.25. The van der Waals surface area contributed by atoms with E-state index in [0.717, 1.165) is 24.3 Å². The summed E-state index contributed by atoms with van der Waals surface area (Å²) in [6, 6.07) is 12.8. The molecule has 0 heterocycles. The lowest BCUT2D eigenvalue weighted by atomic mass is 9.77. The summed E-state index contributed by atoms with van der Waals surface area (Å²) in [5.41, 5.74) is -2.28. The Morgan fingerprint density at radius 3 is 2.05 bits per heavy atom. The van der Waals surface area contributed by atoms with Crippen molar-refractivity contribution in [2.24, 2.45) is 0 Å². The van der Waals surface area contributed by atoms with Gasteiger partial charge in [0.05, 0.1) is 11.1 Å². The first-order chi connectivity index (χ1) is 18.6. The van der Waals surface area contributed by atoms with Crippen LogP contribution in [0, 0.1) is 5.82 Å². The molecule has 0 aliphatic rings. The number of rotatable bonds is 10. The monoisotopic (exact) mass is 576 g/mol. The first kappa shape index (κ1) is 30.2. The molecule has 3 aromatic rings. The molecule has 14 heteroatoms. The third kappa shape index (κ3) is 7.61. The maximum absolute atomic E-state index is 14.7. The lowest BCUT2D eigenvalue weighted by Crippen LogP contribution is -2.53. The highest BCUT2D eigenvalue weighted by molar-refractivity contribution is 5.87. The number of carboxylic acids is 1. The van der Waals surface area contributed by atoms with Gasteiger partial charge in [0, 0.05) is 12.5 Å². The Hall–Kier alpha value is -4.36. The van der Waals surface area contributed by atoms with Gasteiger partial charge in [0.25, 0.3) is 0 Å². The summed E-state index contributed by atoms with van der Waals surface area (Å²) in [4.78, 5) is 24.1. The average Bonchev–Trinajstić information content (AvgIpc) is 2.86. The Bertz CT molecular complexity index is 1330. The van der Waals surface area contributed by atoms with Gasteiger partial charge in [-0.3, -0.25) is 0 Å². The minimum atomic E-state index is -5.03. The Morgan fingerprint density at radius 1 is 0.875 bits per heavy atom. The fourth-order valence-electron chi connectivity index (χ4n) is 3.85. The van der Waals surface area contributed by atoms with Crippen molar-refractivity contribution in [2.45, 2.75) is 30.7 Å². The minimum Gasteiger partial charge on any atom is -0.478 e. The van der Waals surface area contributed by atoms with E-state index in [-0.39, 0.29) is 23.1 Å². The maximum Gasteiger partial charge on any atom is 0.461 e. The zero-order valence-corrected chi connectivity index (χ0v) is 20.1. The summed E-state index contributed by atoms with van der Waals surface area (Å²) in [5, 5.41) is 13.2. The highest BCUT2D eigenvalue weighted by Gasteiger charge is 2.45. The fourth-order valence-corrected chi connectivity index (χ4v) is 3.85. The number of alkyl halides is 7. The topological polar surface area (TPSA) is 87.7 Å². The van der Waals surface area contributed by atoms with Gasteiger partial charge >= 0.3 is 30.7 Å². The lowest BCUT2D eigenvalue weighted by molar-refractivity contribution is -0.253. The molecule has 0 aliphatic carbocycles. The second-order valence-electron chi connectivity index (χ2n) is 8.51. The minimum absolute atomic E-state index is 0.0133. The highest BCUT2D eigenvalue weighted by atomic mass is 19.4. The quantitative estimate of drug-likeness (QED) is 0.254. The second-order valence-corrected chi connectivity index (χ2v) is 8.51. The molecule has 3 N–H and O–H groups in total. The van der Waals surface area contributed by atoms with Crippen LogP contribution in [0.15, 0.2) is 72.8 Å². The average molecular weight is 576 g/mol. The number of carbonyl (C=O) groups is 2. The van der Waals surface area contributed by atoms with E-state index in [0.29, 0.717) is 11.6 Å². The maximum atomic E-state index is 14.7. The van der Waals surface area contributed by atoms with Crippen LogP contribution in [-0.2, 0) is 12.0 Å². The molecule has 0 saturated carbocycles. The molecule has 214 valence electrons. The van der Waals surface area contributed by atoms with Gasteiger partial charge in [-0.1, -0.05) is 42.5 Å². The van der Waals surface area contributed by atoms with Crippen molar-refractivity contribution in [3.05, 3.63) is 101 Å². The Kier molecular flexibility index (Phi) is 8.90. The summed E-state index contributed by atoms with van der Waals surface area (Å²) in [7, 11) is 0. The van der Waals surface area contributed by atoms with Crippen LogP contribution in [0.5, 0.6) is 5.75 Å². The molecule has 6 nitrogen and oxygen atoms in total. The third-order valence-corrected chi connectivity index (χ3v) is 5.59. The molecular formula is C26H20F8N2O4. The molecule has 0 aliphatic heterocycles. The van der Waals surface area contributed by atoms with Crippen molar-refractivity contribution < 1.29 is 54.6 Å². The van der Waals surface area contributed by atoms with Crippen molar-refractivity contribution in [1.29, 1.82) is 0 Å². The van der Waals surface area contributed by atoms with Crippen molar-refractivity contribution in [1.82, 2.24) is 10.6 Å². The zero-order valence-electron chi connectivity index (χ0n) is 20.1. The van der Waals surface area contributed by atoms with Crippen LogP contribution in [0.3, 0.4) is 0 Å². The van der Waals surface area contributed by atoms with Gasteiger partial charge < -0.3 is 20.5 Å². The normalized spacial score (nSPS) is 13.4. The molecule has 3 rings (SSSR count). The van der Waals surface area contributed by atoms with E-state index in [1.165, 1.54) is 24.3 Å². The van der Waals surface area contributed by atoms with Crippen molar-refractivity contribution in [2.75, 3.05) is 6.54 Å². The third-order valence-electron chi connectivity index (χ3n) is 5.59. The Morgan fingerprint density at radius 2 is 1.50 bits per heavy atom. The van der Waals surface area contributed by atoms with Gasteiger partial charge in [0.2, 0.25) is 0 Å². The molecule has 0 fully saturated rings. The molecule has 0 spiro atoms. The molecular weight excluding hydrogens is 556 g/mol. The van der Waals surface area contributed by atoms with Crippen molar-refractivity contribution in [3.63, 3.8) is 0 Å². The lowest BCUT2D eigenvalue weighted by Gasteiger charge is -2.37. The number of carbonyl (C=O) groups excluding carboxylic acids is 1. The van der Waals surface area contributed by atoms with E-state index in [4.69, 9.17) is 0 Å². The van der Waals surface area contributed by atoms with Gasteiger partial charge in [-0.25, -0.2) is 14.0 Å². The number of urea groups is 1. The van der Waals surface area contributed by atoms with E-state index in [1.807, 2.05) is 0 Å². The van der Waals surface area contributed by atoms with Gasteiger partial charge in [-0.2, -0.15) is 30.7 Å². The van der Waals surface area contributed by atoms with E-state index in [9.17, 15) is 49.8 Å². The predicted molar refractivity (Wildman–Crippen MR) is 125 cm³/mol. The number of benzene rings is 3. The first-order valence-electron chi connectivity index (χ1n) is 11.3. The van der Waals surface area contributed by atoms with Crippen LogP contribution in [0.1, 0.15) is 27.0 Å². The molecule has 0 aromatic heterocycles. The van der Waals surface area contributed by atoms with Gasteiger partial charge in [0.1, 0.15) is 18.1 Å². The molecule has 0 bridgehead atoms. The zero-order chi connectivity index (χ0) is 29.7. The molecule has 3 aromatic carbocycles. The van der Waals surface area contributed by atoms with Crippen LogP contribution >= 0.6 is 0 Å². The highest BCUT2D eigenvalue weighted by Crippen LogP contribution is 2.38. The van der Waals surface area contributed by atoms with Gasteiger partial charge in [0.15, 0.2) is 0 Å². The SMILES string of the molecule is O=C(NCC(F)(F)F)NC(Cc1ccccc1)(c1ccc(C(=O)O)cc1)c1cc(F)cc(OC(F)(F)C(F)F)c1. The number of nitrogens with one attached hydrogen (secondary N) is 2. The van der Waals surface area contributed by atoms with Crippen LogP contribution in [-0.4, -0.2) is 42.4 Å². The number of halogens is 8. The largest absolute Gasteiger partial charge is 0.478 e. The van der Waals surface area contributed by atoms with E-state index >= 15 is 0 Å². The van der Waals surface area contributed by atoms with Crippen molar-refractivity contribution >= 4 is 12.0 Å². The fraction of sp³-hybridized carbons (Fsp3) is 0.231. The number of ether oxygens (including phenoxy) is 1. The molecule has 0 radical (unpaired) electrons.